The monoisotopic (exact) mass is 351 g/mol. The van der Waals surface area contributed by atoms with Gasteiger partial charge in [-0.2, -0.15) is 0 Å². The zero-order chi connectivity index (χ0) is 18.4. The van der Waals surface area contributed by atoms with Gasteiger partial charge >= 0.3 is 0 Å². The first-order valence-electron chi connectivity index (χ1n) is 9.41. The Morgan fingerprint density at radius 3 is 2.11 bits per heavy atom. The number of hydrogen-bond acceptors (Lipinski definition) is 2. The van der Waals surface area contributed by atoms with Crippen LogP contribution in [0.5, 0.6) is 0 Å². The van der Waals surface area contributed by atoms with Gasteiger partial charge in [-0.25, -0.2) is 0 Å². The number of rotatable bonds is 3. The predicted molar refractivity (Wildman–Crippen MR) is 115 cm³/mol. The van der Waals surface area contributed by atoms with Crippen LogP contribution in [-0.2, 0) is 0 Å². The Hall–Kier alpha value is -3.26. The summed E-state index contributed by atoms with van der Waals surface area (Å²) in [6, 6.07) is 30.0. The van der Waals surface area contributed by atoms with E-state index in [4.69, 9.17) is 4.42 Å². The Morgan fingerprint density at radius 1 is 0.630 bits per heavy atom. The summed E-state index contributed by atoms with van der Waals surface area (Å²) >= 11 is 0. The van der Waals surface area contributed by atoms with Crippen molar-refractivity contribution in [2.75, 3.05) is 4.90 Å². The van der Waals surface area contributed by atoms with Gasteiger partial charge in [-0.1, -0.05) is 60.7 Å². The van der Waals surface area contributed by atoms with Crippen LogP contribution in [-0.4, -0.2) is 6.04 Å². The number of benzene rings is 4. The molecular formula is C25H21NO. The van der Waals surface area contributed by atoms with Crippen LogP contribution in [0, 0.1) is 0 Å². The van der Waals surface area contributed by atoms with Crippen LogP contribution < -0.4 is 4.90 Å². The lowest BCUT2D eigenvalue weighted by molar-refractivity contribution is 0.669. The summed E-state index contributed by atoms with van der Waals surface area (Å²) in [4.78, 5) is 2.42. The van der Waals surface area contributed by atoms with Crippen molar-refractivity contribution in [2.45, 2.75) is 19.9 Å². The quantitative estimate of drug-likeness (QED) is 0.339. The van der Waals surface area contributed by atoms with Gasteiger partial charge in [0.1, 0.15) is 11.2 Å². The van der Waals surface area contributed by atoms with Crippen molar-refractivity contribution in [1.82, 2.24) is 0 Å². The second-order valence-corrected chi connectivity index (χ2v) is 7.21. The molecule has 0 amide bonds. The average Bonchev–Trinajstić information content (AvgIpc) is 3.07. The first-order chi connectivity index (χ1) is 13.2. The molecule has 0 spiro atoms. The van der Waals surface area contributed by atoms with Crippen molar-refractivity contribution in [3.63, 3.8) is 0 Å². The van der Waals surface area contributed by atoms with Crippen molar-refractivity contribution in [1.29, 1.82) is 0 Å². The van der Waals surface area contributed by atoms with Gasteiger partial charge in [0, 0.05) is 22.5 Å². The smallest absolute Gasteiger partial charge is 0.137 e. The normalized spacial score (nSPS) is 11.7. The third-order valence-corrected chi connectivity index (χ3v) is 5.18. The van der Waals surface area contributed by atoms with Crippen LogP contribution in [0.2, 0.25) is 0 Å². The van der Waals surface area contributed by atoms with Gasteiger partial charge in [0.25, 0.3) is 0 Å². The second kappa shape index (κ2) is 6.17. The van der Waals surface area contributed by atoms with Crippen molar-refractivity contribution in [2.24, 2.45) is 0 Å². The van der Waals surface area contributed by atoms with Crippen LogP contribution in [0.3, 0.4) is 0 Å². The van der Waals surface area contributed by atoms with Crippen molar-refractivity contribution in [3.05, 3.63) is 84.9 Å². The van der Waals surface area contributed by atoms with E-state index in [1.807, 2.05) is 12.1 Å². The molecule has 0 bridgehead atoms. The molecule has 2 heteroatoms. The topological polar surface area (TPSA) is 16.4 Å². The van der Waals surface area contributed by atoms with E-state index in [-0.39, 0.29) is 0 Å². The summed E-state index contributed by atoms with van der Waals surface area (Å²) in [5.74, 6) is 0. The predicted octanol–water partition coefficient (Wildman–Crippen LogP) is 7.29. The van der Waals surface area contributed by atoms with Gasteiger partial charge in [-0.15, -0.1) is 0 Å². The number of fused-ring (bicyclic) bond motifs is 4. The molecule has 0 unspecified atom stereocenters. The van der Waals surface area contributed by atoms with Crippen LogP contribution in [0.15, 0.2) is 89.3 Å². The zero-order valence-corrected chi connectivity index (χ0v) is 15.5. The number of para-hydroxylation sites is 1. The molecule has 0 aliphatic heterocycles. The first kappa shape index (κ1) is 16.0. The van der Waals surface area contributed by atoms with Gasteiger partial charge in [-0.3, -0.25) is 0 Å². The highest BCUT2D eigenvalue weighted by Gasteiger charge is 2.20. The van der Waals surface area contributed by atoms with E-state index in [1.54, 1.807) is 0 Å². The fourth-order valence-corrected chi connectivity index (χ4v) is 4.06. The van der Waals surface area contributed by atoms with E-state index in [2.05, 4.69) is 91.5 Å². The molecule has 1 aromatic heterocycles. The molecule has 0 radical (unpaired) electrons. The molecule has 0 aliphatic rings. The van der Waals surface area contributed by atoms with Crippen LogP contribution in [0.4, 0.5) is 11.4 Å². The van der Waals surface area contributed by atoms with Gasteiger partial charge in [0.15, 0.2) is 0 Å². The van der Waals surface area contributed by atoms with Crippen molar-refractivity contribution >= 4 is 44.1 Å². The number of furan rings is 1. The van der Waals surface area contributed by atoms with E-state index in [0.29, 0.717) is 6.04 Å². The molecule has 1 heterocycles. The van der Waals surface area contributed by atoms with E-state index >= 15 is 0 Å². The number of hydrogen-bond donors (Lipinski definition) is 0. The Labute approximate surface area is 158 Å². The van der Waals surface area contributed by atoms with Crippen LogP contribution >= 0.6 is 0 Å². The Morgan fingerprint density at radius 2 is 1.26 bits per heavy atom. The SMILES string of the molecule is CC(C)N(c1cccc2ccccc12)c1cccc2oc3ccccc3c12. The molecule has 0 aliphatic carbocycles. The highest BCUT2D eigenvalue weighted by Crippen LogP contribution is 2.41. The lowest BCUT2D eigenvalue weighted by atomic mass is 10.0. The average molecular weight is 351 g/mol. The largest absolute Gasteiger partial charge is 0.456 e. The lowest BCUT2D eigenvalue weighted by Crippen LogP contribution is -2.25. The van der Waals surface area contributed by atoms with Gasteiger partial charge in [0.2, 0.25) is 0 Å². The van der Waals surface area contributed by atoms with Gasteiger partial charge < -0.3 is 9.32 Å². The highest BCUT2D eigenvalue weighted by molar-refractivity contribution is 6.13. The third-order valence-electron chi connectivity index (χ3n) is 5.18. The molecule has 2 nitrogen and oxygen atoms in total. The molecule has 0 fully saturated rings. The summed E-state index contributed by atoms with van der Waals surface area (Å²) < 4.78 is 6.12. The Kier molecular flexibility index (Phi) is 3.64. The molecule has 0 saturated carbocycles. The molecule has 0 saturated heterocycles. The zero-order valence-electron chi connectivity index (χ0n) is 15.5. The summed E-state index contributed by atoms with van der Waals surface area (Å²) in [7, 11) is 0. The summed E-state index contributed by atoms with van der Waals surface area (Å²) in [6.45, 7) is 4.48. The van der Waals surface area contributed by atoms with E-state index in [1.165, 1.54) is 27.5 Å². The molecule has 5 rings (SSSR count). The van der Waals surface area contributed by atoms with Gasteiger partial charge in [0.05, 0.1) is 11.1 Å². The Bertz CT molecular complexity index is 1260. The lowest BCUT2D eigenvalue weighted by Gasteiger charge is -2.31. The first-order valence-corrected chi connectivity index (χ1v) is 9.41. The minimum Gasteiger partial charge on any atom is -0.456 e. The maximum Gasteiger partial charge on any atom is 0.137 e. The fraction of sp³-hybridized carbons (Fsp3) is 0.120. The van der Waals surface area contributed by atoms with E-state index in [9.17, 15) is 0 Å². The molecular weight excluding hydrogens is 330 g/mol. The van der Waals surface area contributed by atoms with E-state index in [0.717, 1.165) is 16.6 Å². The van der Waals surface area contributed by atoms with Crippen molar-refractivity contribution in [3.8, 4) is 0 Å². The molecule has 4 aromatic carbocycles. The highest BCUT2D eigenvalue weighted by atomic mass is 16.3. The van der Waals surface area contributed by atoms with Gasteiger partial charge in [-0.05, 0) is 43.5 Å². The summed E-state index contributed by atoms with van der Waals surface area (Å²) in [6.07, 6.45) is 0. The number of anilines is 2. The summed E-state index contributed by atoms with van der Waals surface area (Å²) in [5.41, 5.74) is 4.27. The fourth-order valence-electron chi connectivity index (χ4n) is 4.06. The minimum atomic E-state index is 0.301. The summed E-state index contributed by atoms with van der Waals surface area (Å²) in [5, 5.41) is 4.85. The number of nitrogens with zero attached hydrogens (tertiary/aromatic N) is 1. The molecule has 5 aromatic rings. The molecule has 0 atom stereocenters. The Balaban J connectivity index is 1.85. The molecule has 27 heavy (non-hydrogen) atoms. The van der Waals surface area contributed by atoms with Crippen molar-refractivity contribution < 1.29 is 4.42 Å². The third kappa shape index (κ3) is 2.48. The maximum atomic E-state index is 6.12. The van der Waals surface area contributed by atoms with Crippen LogP contribution in [0.1, 0.15) is 13.8 Å². The molecule has 132 valence electrons. The van der Waals surface area contributed by atoms with Crippen LogP contribution in [0.25, 0.3) is 32.7 Å². The minimum absolute atomic E-state index is 0.301. The maximum absolute atomic E-state index is 6.12. The molecule has 0 N–H and O–H groups in total. The second-order valence-electron chi connectivity index (χ2n) is 7.21. The van der Waals surface area contributed by atoms with E-state index < -0.39 is 0 Å². The standard InChI is InChI=1S/C25H21NO/c1-17(2)26(21-13-7-10-18-9-3-4-11-19(18)21)22-14-8-16-24-25(22)20-12-5-6-15-23(20)27-24/h3-17H,1-2H3.